The van der Waals surface area contributed by atoms with Crippen molar-refractivity contribution in [2.75, 3.05) is 39.2 Å². The van der Waals surface area contributed by atoms with Crippen molar-refractivity contribution in [3.8, 4) is 5.75 Å². The molecule has 0 bridgehead atoms. The zero-order chi connectivity index (χ0) is 26.2. The molecule has 0 saturated heterocycles. The highest BCUT2D eigenvalue weighted by Crippen LogP contribution is 2.27. The van der Waals surface area contributed by atoms with Crippen LogP contribution in [0, 0.1) is 5.92 Å². The fraction of sp³-hybridized carbons (Fsp3) is 0.500. The van der Waals surface area contributed by atoms with Crippen molar-refractivity contribution < 1.29 is 19.1 Å². The van der Waals surface area contributed by atoms with Crippen LogP contribution in [-0.2, 0) is 11.3 Å². The number of urea groups is 1. The van der Waals surface area contributed by atoms with E-state index in [2.05, 4.69) is 53.6 Å². The van der Waals surface area contributed by atoms with E-state index in [-0.39, 0.29) is 36.0 Å². The highest BCUT2D eigenvalue weighted by Gasteiger charge is 2.28. The van der Waals surface area contributed by atoms with Gasteiger partial charge < -0.3 is 25.0 Å². The van der Waals surface area contributed by atoms with Gasteiger partial charge in [0, 0.05) is 51.6 Å². The molecule has 0 spiro atoms. The molecule has 2 aromatic rings. The molecule has 1 aliphatic rings. The Hall–Kier alpha value is -3.10. The summed E-state index contributed by atoms with van der Waals surface area (Å²) in [4.78, 5) is 29.8. The minimum absolute atomic E-state index is 0.00123. The largest absolute Gasteiger partial charge is 0.491 e. The summed E-state index contributed by atoms with van der Waals surface area (Å²) in [5.74, 6) is 0.500. The van der Waals surface area contributed by atoms with Gasteiger partial charge in [0.25, 0.3) is 5.91 Å². The van der Waals surface area contributed by atoms with E-state index in [1.54, 1.807) is 37.3 Å². The predicted octanol–water partition coefficient (Wildman–Crippen LogP) is 4.22. The van der Waals surface area contributed by atoms with Gasteiger partial charge >= 0.3 is 6.03 Å². The second-order valence-corrected chi connectivity index (χ2v) is 9.98. The fourth-order valence-corrected chi connectivity index (χ4v) is 4.40. The smallest absolute Gasteiger partial charge is 0.319 e. The number of benzene rings is 2. The quantitative estimate of drug-likeness (QED) is 0.648. The summed E-state index contributed by atoms with van der Waals surface area (Å²) in [6, 6.07) is 15.4. The Balaban J connectivity index is 1.91. The van der Waals surface area contributed by atoms with Gasteiger partial charge in [-0.25, -0.2) is 4.79 Å². The average molecular weight is 497 g/mol. The van der Waals surface area contributed by atoms with Gasteiger partial charge in [-0.2, -0.15) is 0 Å². The Labute approximate surface area is 214 Å². The first kappa shape index (κ1) is 27.5. The number of likely N-dealkylation sites (N-methyl/N-ethyl adjacent to an activating group) is 1. The second-order valence-electron chi connectivity index (χ2n) is 9.98. The molecule has 8 heteroatoms. The van der Waals surface area contributed by atoms with Crippen LogP contribution in [0.15, 0.2) is 48.5 Å². The molecule has 36 heavy (non-hydrogen) atoms. The number of methoxy groups -OCH3 is 1. The molecule has 1 heterocycles. The first-order valence-electron chi connectivity index (χ1n) is 12.6. The van der Waals surface area contributed by atoms with Crippen molar-refractivity contribution in [1.29, 1.82) is 0 Å². The van der Waals surface area contributed by atoms with Crippen molar-refractivity contribution in [2.45, 2.75) is 52.4 Å². The SMILES string of the molecule is CO[C@H]1CN(C)C(=O)c2cc(NC(=O)NC(C)C)ccc2OC[C@H](C)N(Cc2ccccc2)C[C@H]1C. The molecule has 0 aromatic heterocycles. The highest BCUT2D eigenvalue weighted by molar-refractivity contribution is 5.99. The molecule has 196 valence electrons. The summed E-state index contributed by atoms with van der Waals surface area (Å²) in [5.41, 5.74) is 2.17. The highest BCUT2D eigenvalue weighted by atomic mass is 16.5. The minimum Gasteiger partial charge on any atom is -0.491 e. The molecule has 2 N–H and O–H groups in total. The van der Waals surface area contributed by atoms with Gasteiger partial charge in [-0.05, 0) is 50.5 Å². The number of carbonyl (C=O) groups excluding carboxylic acids is 2. The van der Waals surface area contributed by atoms with Crippen molar-refractivity contribution in [3.05, 3.63) is 59.7 Å². The van der Waals surface area contributed by atoms with E-state index >= 15 is 0 Å². The molecular formula is C28H40N4O4. The molecule has 1 aliphatic heterocycles. The van der Waals surface area contributed by atoms with Crippen LogP contribution in [-0.4, -0.2) is 73.8 Å². The molecule has 0 unspecified atom stereocenters. The Morgan fingerprint density at radius 2 is 1.86 bits per heavy atom. The molecular weight excluding hydrogens is 456 g/mol. The van der Waals surface area contributed by atoms with Crippen LogP contribution >= 0.6 is 0 Å². The summed E-state index contributed by atoms with van der Waals surface area (Å²) in [7, 11) is 3.47. The van der Waals surface area contributed by atoms with Gasteiger partial charge in [-0.1, -0.05) is 37.3 Å². The number of hydrogen-bond donors (Lipinski definition) is 2. The topological polar surface area (TPSA) is 83.1 Å². The predicted molar refractivity (Wildman–Crippen MR) is 142 cm³/mol. The number of fused-ring (bicyclic) bond motifs is 1. The monoisotopic (exact) mass is 496 g/mol. The van der Waals surface area contributed by atoms with Gasteiger partial charge in [0.15, 0.2) is 0 Å². The van der Waals surface area contributed by atoms with Crippen molar-refractivity contribution >= 4 is 17.6 Å². The zero-order valence-electron chi connectivity index (χ0n) is 22.3. The van der Waals surface area contributed by atoms with Crippen LogP contribution in [0.4, 0.5) is 10.5 Å². The van der Waals surface area contributed by atoms with E-state index < -0.39 is 0 Å². The summed E-state index contributed by atoms with van der Waals surface area (Å²) >= 11 is 0. The van der Waals surface area contributed by atoms with Gasteiger partial charge in [0.05, 0.1) is 11.7 Å². The number of ether oxygens (including phenoxy) is 2. The van der Waals surface area contributed by atoms with Gasteiger partial charge in [-0.3, -0.25) is 9.69 Å². The lowest BCUT2D eigenvalue weighted by molar-refractivity contribution is 0.00921. The number of hydrogen-bond acceptors (Lipinski definition) is 5. The van der Waals surface area contributed by atoms with Crippen LogP contribution in [0.5, 0.6) is 5.75 Å². The Morgan fingerprint density at radius 1 is 1.14 bits per heavy atom. The van der Waals surface area contributed by atoms with Crippen LogP contribution in [0.3, 0.4) is 0 Å². The minimum atomic E-state index is -0.321. The summed E-state index contributed by atoms with van der Waals surface area (Å²) in [5, 5.41) is 5.60. The number of rotatable bonds is 5. The number of nitrogens with one attached hydrogen (secondary N) is 2. The number of amides is 3. The summed E-state index contributed by atoms with van der Waals surface area (Å²) in [6.07, 6.45) is -0.133. The molecule has 0 aliphatic carbocycles. The Bertz CT molecular complexity index is 1010. The first-order chi connectivity index (χ1) is 17.2. The molecule has 0 fully saturated rings. The maximum Gasteiger partial charge on any atom is 0.319 e. The standard InChI is InChI=1S/C28H40N4O4/c1-19(2)29-28(34)30-23-12-13-25-24(14-23)27(33)31(5)17-26(35-6)20(3)15-32(21(4)18-36-25)16-22-10-8-7-9-11-22/h7-14,19-21,26H,15-18H2,1-6H3,(H2,29,30,34)/t20-,21+,26+/m1/s1. The second kappa shape index (κ2) is 12.7. The van der Waals surface area contributed by atoms with E-state index in [1.165, 1.54) is 5.56 Å². The van der Waals surface area contributed by atoms with Crippen molar-refractivity contribution in [1.82, 2.24) is 15.1 Å². The normalized spacial score (nSPS) is 21.7. The molecule has 3 atom stereocenters. The fourth-order valence-electron chi connectivity index (χ4n) is 4.40. The van der Waals surface area contributed by atoms with Crippen LogP contribution in [0.25, 0.3) is 0 Å². The molecule has 3 rings (SSSR count). The van der Waals surface area contributed by atoms with Crippen LogP contribution in [0.1, 0.15) is 43.6 Å². The Morgan fingerprint density at radius 3 is 2.53 bits per heavy atom. The molecule has 2 aromatic carbocycles. The lowest BCUT2D eigenvalue weighted by Crippen LogP contribution is -2.46. The number of anilines is 1. The van der Waals surface area contributed by atoms with Crippen molar-refractivity contribution in [3.63, 3.8) is 0 Å². The van der Waals surface area contributed by atoms with Crippen LogP contribution < -0.4 is 15.4 Å². The maximum atomic E-state index is 13.5. The van der Waals surface area contributed by atoms with E-state index in [1.807, 2.05) is 19.9 Å². The number of nitrogens with zero attached hydrogens (tertiary/aromatic N) is 2. The van der Waals surface area contributed by atoms with Crippen LogP contribution in [0.2, 0.25) is 0 Å². The van der Waals surface area contributed by atoms with Gasteiger partial charge in [0.1, 0.15) is 12.4 Å². The summed E-state index contributed by atoms with van der Waals surface area (Å²) < 4.78 is 12.1. The Kier molecular flexibility index (Phi) is 9.73. The van der Waals surface area contributed by atoms with Gasteiger partial charge in [-0.15, -0.1) is 0 Å². The molecule has 8 nitrogen and oxygen atoms in total. The first-order valence-corrected chi connectivity index (χ1v) is 12.6. The molecule has 0 saturated carbocycles. The van der Waals surface area contributed by atoms with E-state index in [4.69, 9.17) is 9.47 Å². The lowest BCUT2D eigenvalue weighted by Gasteiger charge is -2.36. The third kappa shape index (κ3) is 7.45. The molecule has 0 radical (unpaired) electrons. The molecule has 3 amide bonds. The summed E-state index contributed by atoms with van der Waals surface area (Å²) in [6.45, 7) is 10.5. The lowest BCUT2D eigenvalue weighted by atomic mass is 10.0. The third-order valence-electron chi connectivity index (χ3n) is 6.48. The average Bonchev–Trinajstić information content (AvgIpc) is 2.84. The number of carbonyl (C=O) groups is 2. The van der Waals surface area contributed by atoms with Gasteiger partial charge in [0.2, 0.25) is 0 Å². The third-order valence-corrected chi connectivity index (χ3v) is 6.48. The van der Waals surface area contributed by atoms with E-state index in [0.29, 0.717) is 30.2 Å². The maximum absolute atomic E-state index is 13.5. The zero-order valence-corrected chi connectivity index (χ0v) is 22.3. The van der Waals surface area contributed by atoms with E-state index in [0.717, 1.165) is 13.1 Å². The van der Waals surface area contributed by atoms with Crippen molar-refractivity contribution in [2.24, 2.45) is 5.92 Å². The van der Waals surface area contributed by atoms with E-state index in [9.17, 15) is 9.59 Å².